The van der Waals surface area contributed by atoms with Gasteiger partial charge < -0.3 is 24.1 Å². The van der Waals surface area contributed by atoms with Crippen molar-refractivity contribution in [1.82, 2.24) is 0 Å². The van der Waals surface area contributed by atoms with Crippen LogP contribution in [0.4, 0.5) is 0 Å². The van der Waals surface area contributed by atoms with Crippen molar-refractivity contribution in [1.29, 1.82) is 0 Å². The van der Waals surface area contributed by atoms with Crippen LogP contribution in [-0.4, -0.2) is 30.0 Å². The van der Waals surface area contributed by atoms with Gasteiger partial charge in [-0.3, -0.25) is 0 Å². The first-order valence-electron chi connectivity index (χ1n) is 7.69. The molecule has 0 spiro atoms. The maximum absolute atomic E-state index is 12.0. The average Bonchev–Trinajstić information content (AvgIpc) is 2.51. The normalized spacial score (nSPS) is 11.1. The number of benzene rings is 1. The Morgan fingerprint density at radius 3 is 2.70 bits per heavy atom. The Kier molecular flexibility index (Phi) is 5.87. The fraction of sp³-hybridized carbons (Fsp3) is 0.471. The van der Waals surface area contributed by atoms with Crippen molar-refractivity contribution in [2.24, 2.45) is 5.92 Å². The molecule has 2 N–H and O–H groups in total. The third kappa shape index (κ3) is 4.16. The molecule has 0 fully saturated rings. The zero-order valence-corrected chi connectivity index (χ0v) is 13.4. The number of aliphatic hydroxyl groups excluding tert-OH is 1. The van der Waals surface area contributed by atoms with Crippen LogP contribution in [0, 0.1) is 5.92 Å². The van der Waals surface area contributed by atoms with Crippen LogP contribution >= 0.6 is 0 Å². The van der Waals surface area contributed by atoms with Gasteiger partial charge in [-0.1, -0.05) is 19.9 Å². The molecule has 6 nitrogen and oxygen atoms in total. The summed E-state index contributed by atoms with van der Waals surface area (Å²) >= 11 is 0. The van der Waals surface area contributed by atoms with E-state index in [2.05, 4.69) is 13.8 Å². The topological polar surface area (TPSA) is 89.1 Å². The number of aromatic hydroxyl groups is 1. The van der Waals surface area contributed by atoms with Gasteiger partial charge in [0.05, 0.1) is 13.2 Å². The van der Waals surface area contributed by atoms with Gasteiger partial charge in [-0.25, -0.2) is 4.79 Å². The summed E-state index contributed by atoms with van der Waals surface area (Å²) in [5, 5.41) is 19.5. The molecule has 0 radical (unpaired) electrons. The van der Waals surface area contributed by atoms with Crippen molar-refractivity contribution >= 4 is 11.0 Å². The Balaban J connectivity index is 2.32. The molecule has 0 saturated heterocycles. The van der Waals surface area contributed by atoms with Gasteiger partial charge in [0.15, 0.2) is 5.75 Å². The number of hydrogen-bond acceptors (Lipinski definition) is 6. The Morgan fingerprint density at radius 1 is 1.22 bits per heavy atom. The molecule has 126 valence electrons. The first-order valence-corrected chi connectivity index (χ1v) is 7.69. The minimum absolute atomic E-state index is 0.0717. The molecule has 2 aromatic rings. The van der Waals surface area contributed by atoms with Gasteiger partial charge >= 0.3 is 5.63 Å². The second-order valence-corrected chi connectivity index (χ2v) is 5.65. The van der Waals surface area contributed by atoms with E-state index < -0.39 is 5.63 Å². The van der Waals surface area contributed by atoms with Crippen molar-refractivity contribution in [3.63, 3.8) is 0 Å². The summed E-state index contributed by atoms with van der Waals surface area (Å²) in [6, 6.07) is 4.83. The Hall–Kier alpha value is -2.21. The van der Waals surface area contributed by atoms with Crippen LogP contribution in [0.15, 0.2) is 27.4 Å². The molecule has 0 atom stereocenters. The fourth-order valence-corrected chi connectivity index (χ4v) is 2.25. The molecule has 2 rings (SSSR count). The molecule has 0 saturated carbocycles. The lowest BCUT2D eigenvalue weighted by Crippen LogP contribution is -2.10. The van der Waals surface area contributed by atoms with Crippen LogP contribution in [0.25, 0.3) is 11.0 Å². The van der Waals surface area contributed by atoms with E-state index in [0.29, 0.717) is 18.3 Å². The van der Waals surface area contributed by atoms with Crippen molar-refractivity contribution < 1.29 is 24.1 Å². The first kappa shape index (κ1) is 17.1. The summed E-state index contributed by atoms with van der Waals surface area (Å²) in [4.78, 5) is 12.0. The molecule has 0 bridgehead atoms. The second-order valence-electron chi connectivity index (χ2n) is 5.65. The van der Waals surface area contributed by atoms with Gasteiger partial charge in [0.2, 0.25) is 5.75 Å². The first-order chi connectivity index (χ1) is 11.0. The number of hydrogen-bond donors (Lipinski definition) is 2. The average molecular weight is 322 g/mol. The smallest absolute Gasteiger partial charge is 0.383 e. The third-order valence-corrected chi connectivity index (χ3v) is 3.35. The van der Waals surface area contributed by atoms with E-state index in [4.69, 9.17) is 19.0 Å². The molecule has 0 unspecified atom stereocenters. The van der Waals surface area contributed by atoms with Crippen LogP contribution in [0.5, 0.6) is 17.2 Å². The van der Waals surface area contributed by atoms with Crippen molar-refractivity contribution in [3.05, 3.63) is 28.6 Å². The highest BCUT2D eigenvalue weighted by Gasteiger charge is 2.18. The van der Waals surface area contributed by atoms with Crippen LogP contribution in [0.1, 0.15) is 26.7 Å². The standard InChI is InChI=1S/C17H22O6/c1-11(2)5-4-9-22-16-15(19)14-12(21-10-8-18)6-3-7-13(14)23-17(16)20/h3,6-7,11,18-19H,4-5,8-10H2,1-2H3. The van der Waals surface area contributed by atoms with Gasteiger partial charge in [0, 0.05) is 0 Å². The summed E-state index contributed by atoms with van der Waals surface area (Å²) in [6.07, 6.45) is 1.74. The predicted octanol–water partition coefficient (Wildman–Crippen LogP) is 2.68. The minimum atomic E-state index is -0.723. The molecule has 1 aromatic carbocycles. The van der Waals surface area contributed by atoms with Gasteiger partial charge in [0.25, 0.3) is 0 Å². The second kappa shape index (κ2) is 7.87. The highest BCUT2D eigenvalue weighted by atomic mass is 16.5. The zero-order chi connectivity index (χ0) is 16.8. The molecule has 1 heterocycles. The monoisotopic (exact) mass is 322 g/mol. The largest absolute Gasteiger partial charge is 0.503 e. The molecule has 6 heteroatoms. The Bertz CT molecular complexity index is 704. The maximum atomic E-state index is 12.0. The molecule has 1 aromatic heterocycles. The van der Waals surface area contributed by atoms with Crippen molar-refractivity contribution in [2.75, 3.05) is 19.8 Å². The van der Waals surface area contributed by atoms with E-state index in [1.54, 1.807) is 18.2 Å². The molecule has 0 aliphatic carbocycles. The lowest BCUT2D eigenvalue weighted by molar-refractivity contribution is 0.202. The van der Waals surface area contributed by atoms with Gasteiger partial charge in [-0.15, -0.1) is 0 Å². The number of ether oxygens (including phenoxy) is 2. The summed E-state index contributed by atoms with van der Waals surface area (Å²) in [5.41, 5.74) is -0.517. The molecular weight excluding hydrogens is 300 g/mol. The van der Waals surface area contributed by atoms with E-state index in [0.717, 1.165) is 12.8 Å². The summed E-state index contributed by atoms with van der Waals surface area (Å²) < 4.78 is 16.0. The van der Waals surface area contributed by atoms with Crippen LogP contribution in [-0.2, 0) is 0 Å². The molecule has 0 aliphatic rings. The lowest BCUT2D eigenvalue weighted by Gasteiger charge is -2.12. The van der Waals surface area contributed by atoms with Crippen molar-refractivity contribution in [2.45, 2.75) is 26.7 Å². The van der Waals surface area contributed by atoms with E-state index in [9.17, 15) is 9.90 Å². The SMILES string of the molecule is CC(C)CCCOc1c(O)c2c(OCCO)cccc2oc1=O. The number of aliphatic hydroxyl groups is 1. The van der Waals surface area contributed by atoms with Gasteiger partial charge in [-0.05, 0) is 30.9 Å². The number of fused-ring (bicyclic) bond motifs is 1. The lowest BCUT2D eigenvalue weighted by atomic mass is 10.1. The quantitative estimate of drug-likeness (QED) is 0.574. The van der Waals surface area contributed by atoms with E-state index in [1.165, 1.54) is 0 Å². The molecular formula is C17H22O6. The van der Waals surface area contributed by atoms with Crippen LogP contribution in [0.2, 0.25) is 0 Å². The third-order valence-electron chi connectivity index (χ3n) is 3.35. The van der Waals surface area contributed by atoms with E-state index in [-0.39, 0.29) is 35.7 Å². The van der Waals surface area contributed by atoms with Gasteiger partial charge in [0.1, 0.15) is 23.3 Å². The predicted molar refractivity (Wildman–Crippen MR) is 86.3 cm³/mol. The minimum Gasteiger partial charge on any atom is -0.503 e. The highest BCUT2D eigenvalue weighted by molar-refractivity contribution is 5.91. The van der Waals surface area contributed by atoms with E-state index in [1.807, 2.05) is 0 Å². The molecule has 0 amide bonds. The van der Waals surface area contributed by atoms with Crippen LogP contribution in [0.3, 0.4) is 0 Å². The zero-order valence-electron chi connectivity index (χ0n) is 13.4. The fourth-order valence-electron chi connectivity index (χ4n) is 2.25. The number of rotatable bonds is 8. The highest BCUT2D eigenvalue weighted by Crippen LogP contribution is 2.37. The molecule has 0 aliphatic heterocycles. The Labute approximate surface area is 134 Å². The van der Waals surface area contributed by atoms with Gasteiger partial charge in [-0.2, -0.15) is 0 Å². The summed E-state index contributed by atoms with van der Waals surface area (Å²) in [6.45, 7) is 4.44. The van der Waals surface area contributed by atoms with E-state index >= 15 is 0 Å². The summed E-state index contributed by atoms with van der Waals surface area (Å²) in [5.74, 6) is 0.360. The Morgan fingerprint density at radius 2 is 2.00 bits per heavy atom. The van der Waals surface area contributed by atoms with Crippen LogP contribution < -0.4 is 15.1 Å². The van der Waals surface area contributed by atoms with Crippen molar-refractivity contribution in [3.8, 4) is 17.2 Å². The molecule has 23 heavy (non-hydrogen) atoms. The summed E-state index contributed by atoms with van der Waals surface area (Å²) in [7, 11) is 0. The maximum Gasteiger partial charge on any atom is 0.383 e.